The van der Waals surface area contributed by atoms with Crippen LogP contribution in [0.3, 0.4) is 0 Å². The molecule has 38 heavy (non-hydrogen) atoms. The molecule has 0 unspecified atom stereocenters. The maximum absolute atomic E-state index is 10.6. The smallest absolute Gasteiger partial charge is 0.475 e. The Morgan fingerprint density at radius 2 is 1.68 bits per heavy atom. The van der Waals surface area contributed by atoms with Crippen LogP contribution in [-0.4, -0.2) is 80.3 Å². The first-order valence-corrected chi connectivity index (χ1v) is 11.6. The molecule has 2 aromatic carbocycles. The number of alkyl halides is 3. The fraction of sp³-hybridized carbons (Fsp3) is 0.240. The highest BCUT2D eigenvalue weighted by Gasteiger charge is 2.38. The minimum atomic E-state index is -5.08. The number of nitrogens with zero attached hydrogens (tertiary/aromatic N) is 7. The van der Waals surface area contributed by atoms with E-state index in [1.54, 1.807) is 17.1 Å². The normalized spacial score (nSPS) is 13.9. The summed E-state index contributed by atoms with van der Waals surface area (Å²) in [5, 5.41) is 18.3. The first-order chi connectivity index (χ1) is 18.2. The van der Waals surface area contributed by atoms with Crippen LogP contribution in [-0.2, 0) is 4.79 Å². The van der Waals surface area contributed by atoms with Crippen LogP contribution >= 0.6 is 0 Å². The topological polar surface area (TPSA) is 112 Å². The molecule has 13 heteroatoms. The molecule has 1 fully saturated rings. The first kappa shape index (κ1) is 26.5. The quantitative estimate of drug-likeness (QED) is 0.400. The summed E-state index contributed by atoms with van der Waals surface area (Å²) in [4.78, 5) is 22.8. The van der Waals surface area contributed by atoms with E-state index < -0.39 is 12.1 Å². The lowest BCUT2D eigenvalue weighted by molar-refractivity contribution is -0.192. The van der Waals surface area contributed by atoms with Gasteiger partial charge in [0.25, 0.3) is 0 Å². The molecule has 5 rings (SSSR count). The van der Waals surface area contributed by atoms with E-state index in [1.165, 1.54) is 5.69 Å². The van der Waals surface area contributed by atoms with E-state index in [4.69, 9.17) is 14.9 Å². The van der Waals surface area contributed by atoms with Gasteiger partial charge in [-0.3, -0.25) is 0 Å². The Kier molecular flexibility index (Phi) is 8.16. The lowest BCUT2D eigenvalue weighted by atomic mass is 10.1. The summed E-state index contributed by atoms with van der Waals surface area (Å²) in [7, 11) is 2.17. The zero-order valence-corrected chi connectivity index (χ0v) is 20.4. The Morgan fingerprint density at radius 3 is 2.32 bits per heavy atom. The number of benzene rings is 2. The van der Waals surface area contributed by atoms with Gasteiger partial charge in [-0.25, -0.2) is 19.4 Å². The third kappa shape index (κ3) is 7.03. The summed E-state index contributed by atoms with van der Waals surface area (Å²) in [6, 6.07) is 18.4. The molecule has 198 valence electrons. The van der Waals surface area contributed by atoms with Crippen molar-refractivity contribution < 1.29 is 23.1 Å². The van der Waals surface area contributed by atoms with Crippen molar-refractivity contribution in [2.24, 2.45) is 0 Å². The third-order valence-electron chi connectivity index (χ3n) is 5.72. The van der Waals surface area contributed by atoms with Gasteiger partial charge in [0.1, 0.15) is 0 Å². The van der Waals surface area contributed by atoms with Crippen LogP contribution < -0.4 is 10.2 Å². The first-order valence-electron chi connectivity index (χ1n) is 11.6. The molecular formula is C25H25F3N8O2. The fourth-order valence-corrected chi connectivity index (χ4v) is 3.68. The van der Waals surface area contributed by atoms with Crippen LogP contribution in [0.5, 0.6) is 0 Å². The molecular weight excluding hydrogens is 501 g/mol. The molecule has 0 bridgehead atoms. The maximum Gasteiger partial charge on any atom is 0.490 e. The molecule has 0 atom stereocenters. The highest BCUT2D eigenvalue weighted by molar-refractivity contribution is 5.73. The van der Waals surface area contributed by atoms with Gasteiger partial charge in [-0.05, 0) is 49.5 Å². The van der Waals surface area contributed by atoms with Crippen molar-refractivity contribution >= 4 is 23.3 Å². The summed E-state index contributed by atoms with van der Waals surface area (Å²) in [5.41, 5.74) is 5.07. The molecule has 10 nitrogen and oxygen atoms in total. The highest BCUT2D eigenvalue weighted by Crippen LogP contribution is 2.25. The van der Waals surface area contributed by atoms with E-state index in [0.29, 0.717) is 5.95 Å². The SMILES string of the molecule is CN1CCN(c2cccc(-c3ccnc(Nc4ccc(-n5ccnn5)cc4)n3)c2)CC1.O=C(O)C(F)(F)F. The van der Waals surface area contributed by atoms with Crippen LogP contribution in [0.25, 0.3) is 16.9 Å². The number of rotatable bonds is 5. The number of hydrogen-bond acceptors (Lipinski definition) is 8. The second-order valence-corrected chi connectivity index (χ2v) is 8.43. The molecule has 3 heterocycles. The monoisotopic (exact) mass is 526 g/mol. The minimum Gasteiger partial charge on any atom is -0.475 e. The number of likely N-dealkylation sites (N-methyl/N-ethyl adjacent to an activating group) is 1. The molecule has 1 saturated heterocycles. The summed E-state index contributed by atoms with van der Waals surface area (Å²) < 4.78 is 33.5. The number of halogens is 3. The van der Waals surface area contributed by atoms with Crippen molar-refractivity contribution in [3.05, 3.63) is 73.2 Å². The van der Waals surface area contributed by atoms with Gasteiger partial charge >= 0.3 is 12.1 Å². The number of aromatic nitrogens is 5. The number of carboxylic acids is 1. The Hall–Kier alpha value is -4.52. The average molecular weight is 527 g/mol. The summed E-state index contributed by atoms with van der Waals surface area (Å²) in [6.45, 7) is 4.26. The zero-order valence-electron chi connectivity index (χ0n) is 20.4. The zero-order chi connectivity index (χ0) is 27.1. The summed E-state index contributed by atoms with van der Waals surface area (Å²) in [6.07, 6.45) is 0.173. The van der Waals surface area contributed by atoms with Crippen molar-refractivity contribution in [3.8, 4) is 16.9 Å². The number of nitrogens with one attached hydrogen (secondary N) is 1. The van der Waals surface area contributed by atoms with Crippen molar-refractivity contribution in [2.45, 2.75) is 6.18 Å². The van der Waals surface area contributed by atoms with Gasteiger partial charge < -0.3 is 20.2 Å². The lowest BCUT2D eigenvalue weighted by Crippen LogP contribution is -2.44. The molecule has 0 aliphatic carbocycles. The lowest BCUT2D eigenvalue weighted by Gasteiger charge is -2.34. The van der Waals surface area contributed by atoms with Gasteiger partial charge in [0.05, 0.1) is 23.8 Å². The van der Waals surface area contributed by atoms with Gasteiger partial charge in [-0.1, -0.05) is 17.3 Å². The van der Waals surface area contributed by atoms with Gasteiger partial charge in [0, 0.05) is 49.3 Å². The van der Waals surface area contributed by atoms with Gasteiger partial charge in [-0.2, -0.15) is 13.2 Å². The molecule has 1 aliphatic rings. The van der Waals surface area contributed by atoms with Gasteiger partial charge in [-0.15, -0.1) is 5.10 Å². The Balaban J connectivity index is 0.000000426. The van der Waals surface area contributed by atoms with Crippen LogP contribution in [0.1, 0.15) is 0 Å². The number of anilines is 3. The third-order valence-corrected chi connectivity index (χ3v) is 5.72. The van der Waals surface area contributed by atoms with E-state index in [9.17, 15) is 13.2 Å². The number of piperazine rings is 1. The fourth-order valence-electron chi connectivity index (χ4n) is 3.68. The summed E-state index contributed by atoms with van der Waals surface area (Å²) in [5.74, 6) is -2.19. The van der Waals surface area contributed by atoms with Gasteiger partial charge in [0.2, 0.25) is 5.95 Å². The average Bonchev–Trinajstić information content (AvgIpc) is 3.45. The van der Waals surface area contributed by atoms with E-state index in [2.05, 4.69) is 61.7 Å². The van der Waals surface area contributed by atoms with Crippen molar-refractivity contribution in [1.82, 2.24) is 29.9 Å². The number of carbonyl (C=O) groups is 1. The standard InChI is InChI=1S/C23H24N8.C2HF3O2/c1-29-13-15-30(16-14-29)21-4-2-3-18(17-21)22-9-10-24-23(27-22)26-19-5-7-20(8-6-19)31-12-11-25-28-31;3-2(4,5)1(6)7/h2-12,17H,13-16H2,1H3,(H,24,26,27);(H,6,7). The van der Waals surface area contributed by atoms with Crippen molar-refractivity contribution in [2.75, 3.05) is 43.4 Å². The van der Waals surface area contributed by atoms with E-state index in [0.717, 1.165) is 48.8 Å². The Labute approximate surface area is 216 Å². The van der Waals surface area contributed by atoms with Crippen molar-refractivity contribution in [1.29, 1.82) is 0 Å². The molecule has 1 aliphatic heterocycles. The highest BCUT2D eigenvalue weighted by atomic mass is 19.4. The largest absolute Gasteiger partial charge is 0.490 e. The molecule has 0 radical (unpaired) electrons. The van der Waals surface area contributed by atoms with Gasteiger partial charge in [0.15, 0.2) is 0 Å². The molecule has 4 aromatic rings. The molecule has 2 aromatic heterocycles. The minimum absolute atomic E-state index is 0.566. The van der Waals surface area contributed by atoms with Crippen LogP contribution in [0.2, 0.25) is 0 Å². The maximum atomic E-state index is 10.6. The molecule has 0 amide bonds. The van der Waals surface area contributed by atoms with E-state index in [-0.39, 0.29) is 0 Å². The molecule has 2 N–H and O–H groups in total. The Morgan fingerprint density at radius 1 is 0.974 bits per heavy atom. The van der Waals surface area contributed by atoms with Crippen LogP contribution in [0.15, 0.2) is 73.2 Å². The number of hydrogen-bond donors (Lipinski definition) is 2. The number of carboxylic acid groups (broad SMARTS) is 1. The van der Waals surface area contributed by atoms with Crippen LogP contribution in [0.4, 0.5) is 30.5 Å². The van der Waals surface area contributed by atoms with Crippen LogP contribution in [0, 0.1) is 0 Å². The second-order valence-electron chi connectivity index (χ2n) is 8.43. The van der Waals surface area contributed by atoms with E-state index >= 15 is 0 Å². The second kappa shape index (κ2) is 11.7. The summed E-state index contributed by atoms with van der Waals surface area (Å²) >= 11 is 0. The van der Waals surface area contributed by atoms with E-state index in [1.807, 2.05) is 36.5 Å². The number of aliphatic carboxylic acids is 1. The Bertz CT molecular complexity index is 1340. The predicted octanol–water partition coefficient (Wildman–Crippen LogP) is 3.85. The predicted molar refractivity (Wildman–Crippen MR) is 136 cm³/mol. The van der Waals surface area contributed by atoms with Crippen molar-refractivity contribution in [3.63, 3.8) is 0 Å². The molecule has 0 spiro atoms. The molecule has 0 saturated carbocycles.